The highest BCUT2D eigenvalue weighted by atomic mass is 32.1. The van der Waals surface area contributed by atoms with E-state index in [1.165, 1.54) is 35.7 Å². The Kier molecular flexibility index (Phi) is 4.66. The average Bonchev–Trinajstić information content (AvgIpc) is 3.34. The van der Waals surface area contributed by atoms with Gasteiger partial charge in [-0.3, -0.25) is 9.59 Å². The van der Waals surface area contributed by atoms with Crippen LogP contribution >= 0.6 is 11.3 Å². The quantitative estimate of drug-likeness (QED) is 0.841. The van der Waals surface area contributed by atoms with Crippen molar-refractivity contribution >= 4 is 46.2 Å². The molecule has 4 rings (SSSR count). The third-order valence-electron chi connectivity index (χ3n) is 4.19. The van der Waals surface area contributed by atoms with E-state index in [-0.39, 0.29) is 22.6 Å². The van der Waals surface area contributed by atoms with E-state index >= 15 is 0 Å². The van der Waals surface area contributed by atoms with Gasteiger partial charge in [-0.05, 0) is 17.5 Å². The highest BCUT2D eigenvalue weighted by Gasteiger charge is 2.39. The molecule has 9 heteroatoms. The number of rotatable bonds is 5. The van der Waals surface area contributed by atoms with Gasteiger partial charge in [0.05, 0.1) is 6.54 Å². The molecule has 0 spiro atoms. The second-order valence-electron chi connectivity index (χ2n) is 5.99. The summed E-state index contributed by atoms with van der Waals surface area (Å²) >= 11 is 1.48. The summed E-state index contributed by atoms with van der Waals surface area (Å²) in [6, 6.07) is 8.79. The number of thiophene rings is 1. The number of carbonyl (C=O) groups is 3. The zero-order chi connectivity index (χ0) is 19.7. The van der Waals surface area contributed by atoms with Gasteiger partial charge in [-0.2, -0.15) is 4.99 Å². The van der Waals surface area contributed by atoms with Crippen molar-refractivity contribution < 1.29 is 18.8 Å². The van der Waals surface area contributed by atoms with E-state index in [0.717, 1.165) is 9.78 Å². The van der Waals surface area contributed by atoms with Gasteiger partial charge in [0, 0.05) is 22.2 Å². The van der Waals surface area contributed by atoms with Gasteiger partial charge in [0.1, 0.15) is 18.1 Å². The zero-order valence-corrected chi connectivity index (χ0v) is 15.2. The van der Waals surface area contributed by atoms with Crippen molar-refractivity contribution in [1.29, 1.82) is 0 Å². The number of allylic oxidation sites excluding steroid dienone is 1. The van der Waals surface area contributed by atoms with Crippen molar-refractivity contribution in [3.05, 3.63) is 64.2 Å². The van der Waals surface area contributed by atoms with Crippen LogP contribution in [0.3, 0.4) is 0 Å². The highest BCUT2D eigenvalue weighted by Crippen LogP contribution is 2.27. The van der Waals surface area contributed by atoms with E-state index in [1.54, 1.807) is 6.07 Å². The highest BCUT2D eigenvalue weighted by molar-refractivity contribution is 7.09. The van der Waals surface area contributed by atoms with Crippen molar-refractivity contribution in [1.82, 2.24) is 10.2 Å². The summed E-state index contributed by atoms with van der Waals surface area (Å²) in [5.41, 5.74) is 0.401. The molecule has 1 N–H and O–H groups in total. The van der Waals surface area contributed by atoms with E-state index in [4.69, 9.17) is 0 Å². The minimum Gasteiger partial charge on any atom is -0.350 e. The molecular weight excluding hydrogens is 383 g/mol. The maximum Gasteiger partial charge on any atom is 0.351 e. The maximum absolute atomic E-state index is 14.1. The first-order valence-electron chi connectivity index (χ1n) is 8.32. The van der Waals surface area contributed by atoms with E-state index in [0.29, 0.717) is 6.54 Å². The topological polar surface area (TPSA) is 91.2 Å². The molecule has 2 aromatic rings. The van der Waals surface area contributed by atoms with Crippen molar-refractivity contribution in [3.8, 4) is 0 Å². The first kappa shape index (κ1) is 17.9. The summed E-state index contributed by atoms with van der Waals surface area (Å²) in [5.74, 6) is -1.73. The molecule has 3 heterocycles. The molecular formula is C19H13FN4O3S. The monoisotopic (exact) mass is 396 g/mol. The molecule has 0 aliphatic carbocycles. The molecule has 140 valence electrons. The SMILES string of the molecule is O=C(CN1C(=O)N=C2C(c3ccccc3F)=CN=C2C1=O)NCc1cccs1. The number of hydrogen-bond acceptors (Lipinski definition) is 5. The van der Waals surface area contributed by atoms with Crippen molar-refractivity contribution in [2.24, 2.45) is 9.98 Å². The fraction of sp³-hybridized carbons (Fsp3) is 0.105. The molecule has 0 saturated carbocycles. The number of amides is 4. The van der Waals surface area contributed by atoms with Crippen LogP contribution in [0.2, 0.25) is 0 Å². The summed E-state index contributed by atoms with van der Waals surface area (Å²) in [7, 11) is 0. The number of carbonyl (C=O) groups excluding carboxylic acids is 3. The Morgan fingerprint density at radius 1 is 1.14 bits per heavy atom. The van der Waals surface area contributed by atoms with Gasteiger partial charge in [-0.15, -0.1) is 11.3 Å². The Morgan fingerprint density at radius 2 is 1.96 bits per heavy atom. The normalized spacial score (nSPS) is 15.8. The van der Waals surface area contributed by atoms with Gasteiger partial charge >= 0.3 is 6.03 Å². The summed E-state index contributed by atoms with van der Waals surface area (Å²) < 4.78 is 14.1. The zero-order valence-electron chi connectivity index (χ0n) is 14.4. The molecule has 1 aromatic heterocycles. The Bertz CT molecular complexity index is 1070. The number of fused-ring (bicyclic) bond motifs is 1. The smallest absolute Gasteiger partial charge is 0.350 e. The molecule has 0 bridgehead atoms. The number of nitrogens with one attached hydrogen (secondary N) is 1. The lowest BCUT2D eigenvalue weighted by Gasteiger charge is -2.23. The Hall–Kier alpha value is -3.46. The molecule has 0 fully saturated rings. The number of nitrogens with zero attached hydrogens (tertiary/aromatic N) is 3. The first-order valence-corrected chi connectivity index (χ1v) is 9.20. The van der Waals surface area contributed by atoms with Crippen LogP contribution in [0.25, 0.3) is 5.57 Å². The van der Waals surface area contributed by atoms with Crippen molar-refractivity contribution in [3.63, 3.8) is 0 Å². The van der Waals surface area contributed by atoms with Gasteiger partial charge in [-0.25, -0.2) is 19.1 Å². The van der Waals surface area contributed by atoms with Gasteiger partial charge in [0.15, 0.2) is 5.71 Å². The van der Waals surface area contributed by atoms with Crippen LogP contribution in [0.5, 0.6) is 0 Å². The number of urea groups is 1. The lowest BCUT2D eigenvalue weighted by Crippen LogP contribution is -2.50. The molecule has 28 heavy (non-hydrogen) atoms. The summed E-state index contributed by atoms with van der Waals surface area (Å²) in [4.78, 5) is 46.6. The molecule has 0 unspecified atom stereocenters. The van der Waals surface area contributed by atoms with Crippen LogP contribution in [-0.2, 0) is 16.1 Å². The summed E-state index contributed by atoms with van der Waals surface area (Å²) in [6.07, 6.45) is 1.30. The largest absolute Gasteiger partial charge is 0.351 e. The van der Waals surface area contributed by atoms with Gasteiger partial charge < -0.3 is 5.32 Å². The molecule has 0 radical (unpaired) electrons. The standard InChI is InChI=1S/C19H13FN4O3S/c20-14-6-2-1-5-12(14)13-9-22-17-16(13)23-19(27)24(18(17)26)10-15(25)21-8-11-4-3-7-28-11/h1-7,9H,8,10H2,(H,21,25). The van der Waals surface area contributed by atoms with Crippen molar-refractivity contribution in [2.45, 2.75) is 6.54 Å². The Balaban J connectivity index is 1.50. The second kappa shape index (κ2) is 7.28. The van der Waals surface area contributed by atoms with Crippen LogP contribution in [0, 0.1) is 5.82 Å². The number of benzene rings is 1. The van der Waals surface area contributed by atoms with E-state index in [9.17, 15) is 18.8 Å². The van der Waals surface area contributed by atoms with E-state index < -0.39 is 30.2 Å². The summed E-state index contributed by atoms with van der Waals surface area (Å²) in [5, 5.41) is 4.53. The molecule has 0 atom stereocenters. The number of halogens is 1. The molecule has 7 nitrogen and oxygen atoms in total. The second-order valence-corrected chi connectivity index (χ2v) is 7.02. The molecule has 2 aliphatic heterocycles. The van der Waals surface area contributed by atoms with Crippen LogP contribution in [0.1, 0.15) is 10.4 Å². The molecule has 1 aromatic carbocycles. The minimum absolute atomic E-state index is 0.0235. The fourth-order valence-electron chi connectivity index (χ4n) is 2.83. The van der Waals surface area contributed by atoms with Crippen LogP contribution < -0.4 is 5.32 Å². The fourth-order valence-corrected chi connectivity index (χ4v) is 3.48. The molecule has 4 amide bonds. The van der Waals surface area contributed by atoms with E-state index in [1.807, 2.05) is 17.5 Å². The van der Waals surface area contributed by atoms with Gasteiger partial charge in [-0.1, -0.05) is 24.3 Å². The Labute approximate surface area is 162 Å². The summed E-state index contributed by atoms with van der Waals surface area (Å²) in [6.45, 7) is -0.158. The number of imide groups is 1. The van der Waals surface area contributed by atoms with Crippen molar-refractivity contribution in [2.75, 3.05) is 6.54 Å². The number of aliphatic imine (C=N–C) groups is 2. The third-order valence-corrected chi connectivity index (χ3v) is 5.07. The lowest BCUT2D eigenvalue weighted by molar-refractivity contribution is -0.128. The van der Waals surface area contributed by atoms with Gasteiger partial charge in [0.25, 0.3) is 5.91 Å². The maximum atomic E-state index is 14.1. The number of hydrogen-bond donors (Lipinski definition) is 1. The lowest BCUT2D eigenvalue weighted by atomic mass is 9.99. The minimum atomic E-state index is -0.880. The Morgan fingerprint density at radius 3 is 2.71 bits per heavy atom. The average molecular weight is 396 g/mol. The first-order chi connectivity index (χ1) is 13.5. The van der Waals surface area contributed by atoms with Gasteiger partial charge in [0.2, 0.25) is 5.91 Å². The van der Waals surface area contributed by atoms with Crippen LogP contribution in [0.15, 0.2) is 58.0 Å². The molecule has 0 saturated heterocycles. The molecule has 2 aliphatic rings. The van der Waals surface area contributed by atoms with Crippen LogP contribution in [-0.4, -0.2) is 40.7 Å². The van der Waals surface area contributed by atoms with E-state index in [2.05, 4.69) is 15.3 Å². The van der Waals surface area contributed by atoms with Crippen LogP contribution in [0.4, 0.5) is 9.18 Å². The predicted octanol–water partition coefficient (Wildman–Crippen LogP) is 2.40. The third kappa shape index (κ3) is 3.27. The predicted molar refractivity (Wildman–Crippen MR) is 103 cm³/mol.